The Morgan fingerprint density at radius 3 is 2.68 bits per heavy atom. The van der Waals surface area contributed by atoms with E-state index in [1.165, 1.54) is 16.7 Å². The number of carbonyl (C=O) groups excluding carboxylic acids is 1. The highest BCUT2D eigenvalue weighted by atomic mass is 16.2. The second-order valence-electron chi connectivity index (χ2n) is 5.42. The van der Waals surface area contributed by atoms with Crippen LogP contribution in [0, 0.1) is 0 Å². The molecule has 0 fully saturated rings. The van der Waals surface area contributed by atoms with Crippen molar-refractivity contribution in [3.8, 4) is 0 Å². The van der Waals surface area contributed by atoms with Gasteiger partial charge in [0.15, 0.2) is 0 Å². The van der Waals surface area contributed by atoms with E-state index in [-0.39, 0.29) is 11.9 Å². The average Bonchev–Trinajstić information content (AvgIpc) is 2.82. The summed E-state index contributed by atoms with van der Waals surface area (Å²) in [5.41, 5.74) is 9.91. The van der Waals surface area contributed by atoms with E-state index in [0.717, 1.165) is 32.4 Å². The van der Waals surface area contributed by atoms with Crippen molar-refractivity contribution < 1.29 is 4.79 Å². The number of hydrogen-bond donors (Lipinski definition) is 1. The van der Waals surface area contributed by atoms with E-state index < -0.39 is 0 Å². The summed E-state index contributed by atoms with van der Waals surface area (Å²) in [6, 6.07) is 6.57. The smallest absolute Gasteiger partial charge is 0.223 e. The first-order valence-electron chi connectivity index (χ1n) is 7.30. The van der Waals surface area contributed by atoms with Gasteiger partial charge in [0.25, 0.3) is 0 Å². The first-order valence-corrected chi connectivity index (χ1v) is 7.30. The number of rotatable bonds is 5. The fourth-order valence-electron chi connectivity index (χ4n) is 2.67. The zero-order chi connectivity index (χ0) is 13.8. The summed E-state index contributed by atoms with van der Waals surface area (Å²) in [6.07, 6.45) is 3.67. The van der Waals surface area contributed by atoms with Gasteiger partial charge in [0.05, 0.1) is 0 Å². The fraction of sp³-hybridized carbons (Fsp3) is 0.562. The summed E-state index contributed by atoms with van der Waals surface area (Å²) >= 11 is 0. The van der Waals surface area contributed by atoms with E-state index in [1.54, 1.807) is 0 Å². The van der Waals surface area contributed by atoms with Crippen LogP contribution >= 0.6 is 0 Å². The molecule has 1 unspecified atom stereocenters. The van der Waals surface area contributed by atoms with Gasteiger partial charge in [-0.1, -0.05) is 38.5 Å². The van der Waals surface area contributed by atoms with Gasteiger partial charge in [-0.2, -0.15) is 0 Å². The third kappa shape index (κ3) is 3.16. The topological polar surface area (TPSA) is 46.3 Å². The van der Waals surface area contributed by atoms with Crippen molar-refractivity contribution in [2.45, 2.75) is 58.7 Å². The quantitative estimate of drug-likeness (QED) is 0.884. The van der Waals surface area contributed by atoms with Gasteiger partial charge in [-0.25, -0.2) is 0 Å². The molecule has 1 aliphatic rings. The molecular formula is C16H24N2O. The van der Waals surface area contributed by atoms with Crippen LogP contribution in [-0.2, 0) is 17.9 Å². The summed E-state index contributed by atoms with van der Waals surface area (Å²) in [6.45, 7) is 5.71. The summed E-state index contributed by atoms with van der Waals surface area (Å²) in [7, 11) is 0. The summed E-state index contributed by atoms with van der Waals surface area (Å²) in [5, 5.41) is 0. The molecule has 0 aliphatic carbocycles. The van der Waals surface area contributed by atoms with Crippen molar-refractivity contribution in [2.24, 2.45) is 5.73 Å². The molecule has 1 aliphatic heterocycles. The van der Waals surface area contributed by atoms with E-state index in [4.69, 9.17) is 5.73 Å². The minimum absolute atomic E-state index is 0.121. The molecule has 0 saturated heterocycles. The lowest BCUT2D eigenvalue weighted by atomic mass is 9.99. The van der Waals surface area contributed by atoms with Crippen LogP contribution in [0.25, 0.3) is 0 Å². The lowest BCUT2D eigenvalue weighted by Crippen LogP contribution is -2.24. The highest BCUT2D eigenvalue weighted by Gasteiger charge is 2.23. The monoisotopic (exact) mass is 260 g/mol. The van der Waals surface area contributed by atoms with Gasteiger partial charge in [-0.3, -0.25) is 4.79 Å². The number of fused-ring (bicyclic) bond motifs is 1. The van der Waals surface area contributed by atoms with Crippen molar-refractivity contribution in [3.05, 3.63) is 34.9 Å². The highest BCUT2D eigenvalue weighted by Crippen LogP contribution is 2.27. The summed E-state index contributed by atoms with van der Waals surface area (Å²) in [4.78, 5) is 13.9. The number of nitrogens with two attached hydrogens (primary N) is 1. The molecule has 1 amide bonds. The molecule has 2 N–H and O–H groups in total. The fourth-order valence-corrected chi connectivity index (χ4v) is 2.67. The van der Waals surface area contributed by atoms with Gasteiger partial charge >= 0.3 is 0 Å². The second-order valence-corrected chi connectivity index (χ2v) is 5.42. The Hall–Kier alpha value is -1.35. The molecule has 1 atom stereocenters. The number of amides is 1. The number of benzene rings is 1. The minimum Gasteiger partial charge on any atom is -0.334 e. The Bertz CT molecular complexity index is 456. The third-order valence-corrected chi connectivity index (χ3v) is 3.80. The molecule has 0 radical (unpaired) electrons. The maximum atomic E-state index is 11.9. The Labute approximate surface area is 115 Å². The summed E-state index contributed by atoms with van der Waals surface area (Å²) < 4.78 is 0. The molecule has 1 aromatic carbocycles. The van der Waals surface area contributed by atoms with Gasteiger partial charge in [-0.05, 0) is 29.5 Å². The van der Waals surface area contributed by atoms with E-state index >= 15 is 0 Å². The lowest BCUT2D eigenvalue weighted by Gasteiger charge is -2.14. The predicted octanol–water partition coefficient (Wildman–Crippen LogP) is 3.13. The summed E-state index contributed by atoms with van der Waals surface area (Å²) in [5.74, 6) is 0.262. The third-order valence-electron chi connectivity index (χ3n) is 3.80. The molecule has 3 nitrogen and oxygen atoms in total. The lowest BCUT2D eigenvalue weighted by molar-refractivity contribution is -0.131. The Morgan fingerprint density at radius 2 is 2.00 bits per heavy atom. The van der Waals surface area contributed by atoms with Gasteiger partial charge in [-0.15, -0.1) is 0 Å². The molecule has 0 saturated carbocycles. The molecule has 104 valence electrons. The van der Waals surface area contributed by atoms with Crippen LogP contribution in [0.2, 0.25) is 0 Å². The van der Waals surface area contributed by atoms with E-state index in [2.05, 4.69) is 25.1 Å². The average molecular weight is 260 g/mol. The van der Waals surface area contributed by atoms with Crippen LogP contribution in [0.1, 0.15) is 62.3 Å². The molecule has 3 heteroatoms. The van der Waals surface area contributed by atoms with Crippen LogP contribution in [0.5, 0.6) is 0 Å². The van der Waals surface area contributed by atoms with E-state index in [0.29, 0.717) is 6.42 Å². The normalized spacial score (nSPS) is 15.4. The Kier molecular flexibility index (Phi) is 4.59. The number of carbonyl (C=O) groups is 1. The van der Waals surface area contributed by atoms with Gasteiger partial charge in [0.1, 0.15) is 0 Å². The van der Waals surface area contributed by atoms with Gasteiger partial charge in [0, 0.05) is 25.6 Å². The zero-order valence-electron chi connectivity index (χ0n) is 12.0. The van der Waals surface area contributed by atoms with Crippen LogP contribution in [0.4, 0.5) is 0 Å². The Balaban J connectivity index is 2.09. The predicted molar refractivity (Wildman–Crippen MR) is 77.4 cm³/mol. The molecule has 0 aromatic heterocycles. The highest BCUT2D eigenvalue weighted by molar-refractivity contribution is 5.76. The van der Waals surface area contributed by atoms with Gasteiger partial charge < -0.3 is 10.6 Å². The van der Waals surface area contributed by atoms with Crippen molar-refractivity contribution in [1.82, 2.24) is 4.90 Å². The SMILES string of the molecule is CCCC(=O)N1Cc2ccc(C(N)CCC)cc2C1. The zero-order valence-corrected chi connectivity index (χ0v) is 12.0. The molecule has 0 spiro atoms. The molecule has 1 heterocycles. The van der Waals surface area contributed by atoms with Crippen molar-refractivity contribution >= 4 is 5.91 Å². The van der Waals surface area contributed by atoms with Crippen LogP contribution in [0.15, 0.2) is 18.2 Å². The standard InChI is InChI=1S/C16H24N2O/c1-3-5-15(17)12-7-8-13-10-18(11-14(13)9-12)16(19)6-4-2/h7-9,15H,3-6,10-11,17H2,1-2H3. The van der Waals surface area contributed by atoms with Crippen molar-refractivity contribution in [2.75, 3.05) is 0 Å². The van der Waals surface area contributed by atoms with Crippen LogP contribution < -0.4 is 5.73 Å². The van der Waals surface area contributed by atoms with Crippen molar-refractivity contribution in [1.29, 1.82) is 0 Å². The largest absolute Gasteiger partial charge is 0.334 e. The number of nitrogens with zero attached hydrogens (tertiary/aromatic N) is 1. The molecular weight excluding hydrogens is 236 g/mol. The minimum atomic E-state index is 0.121. The second kappa shape index (κ2) is 6.20. The number of hydrogen-bond acceptors (Lipinski definition) is 2. The maximum absolute atomic E-state index is 11.9. The molecule has 1 aromatic rings. The maximum Gasteiger partial charge on any atom is 0.223 e. The van der Waals surface area contributed by atoms with E-state index in [9.17, 15) is 4.79 Å². The molecule has 0 bridgehead atoms. The van der Waals surface area contributed by atoms with Gasteiger partial charge in [0.2, 0.25) is 5.91 Å². The molecule has 2 rings (SSSR count). The first kappa shape index (κ1) is 14.1. The van der Waals surface area contributed by atoms with Crippen molar-refractivity contribution in [3.63, 3.8) is 0 Å². The molecule has 19 heavy (non-hydrogen) atoms. The Morgan fingerprint density at radius 1 is 1.26 bits per heavy atom. The first-order chi connectivity index (χ1) is 9.15. The van der Waals surface area contributed by atoms with E-state index in [1.807, 2.05) is 11.8 Å². The van der Waals surface area contributed by atoms with Crippen LogP contribution in [-0.4, -0.2) is 10.8 Å². The van der Waals surface area contributed by atoms with Crippen LogP contribution in [0.3, 0.4) is 0 Å².